The Bertz CT molecular complexity index is 4920. The van der Waals surface area contributed by atoms with E-state index in [1.807, 2.05) is 24.3 Å². The van der Waals surface area contributed by atoms with Crippen molar-refractivity contribution in [2.24, 2.45) is 0 Å². The predicted molar refractivity (Wildman–Crippen MR) is 401 cm³/mol. The monoisotopic (exact) mass is 1450 g/mol. The maximum Gasteiger partial charge on any atom is 0.204 e. The van der Waals surface area contributed by atoms with Gasteiger partial charge < -0.3 is 19.1 Å². The van der Waals surface area contributed by atoms with Crippen molar-refractivity contribution in [3.05, 3.63) is 239 Å². The molecule has 0 bridgehead atoms. The van der Waals surface area contributed by atoms with Crippen LogP contribution in [0.4, 0.5) is 28.4 Å². The maximum absolute atomic E-state index is 9.10. The maximum atomic E-state index is 9.10. The number of ether oxygens (including phenoxy) is 1. The fraction of sp³-hybridized carbons (Fsp3) is 0.299. The molecule has 0 saturated heterocycles. The molecule has 9 aromatic carbocycles. The Morgan fingerprint density at radius 1 is 0.516 bits per heavy atom. The van der Waals surface area contributed by atoms with E-state index in [4.69, 9.17) is 17.7 Å². The van der Waals surface area contributed by atoms with Gasteiger partial charge in [0.25, 0.3) is 0 Å². The van der Waals surface area contributed by atoms with E-state index in [0.717, 1.165) is 87.0 Å². The number of pyridine rings is 1. The third-order valence-corrected chi connectivity index (χ3v) is 20.2. The Labute approximate surface area is 584 Å². The molecule has 486 valence electrons. The van der Waals surface area contributed by atoms with Gasteiger partial charge in [-0.15, -0.1) is 65.0 Å². The number of hydrogen-bond acceptors (Lipinski definition) is 5. The third kappa shape index (κ3) is 12.3. The second-order valence-electron chi connectivity index (χ2n) is 31.7. The number of rotatable bonds is 10. The molecule has 0 saturated carbocycles. The molecular formula is C87H88N5OPtS-3. The molecule has 0 N–H and O–H groups in total. The van der Waals surface area contributed by atoms with Gasteiger partial charge in [-0.1, -0.05) is 246 Å². The van der Waals surface area contributed by atoms with Crippen LogP contribution < -0.4 is 14.5 Å². The number of aromatic nitrogens is 2. The first-order chi connectivity index (χ1) is 44.7. The van der Waals surface area contributed by atoms with Crippen molar-refractivity contribution in [1.82, 2.24) is 9.55 Å². The topological polar surface area (TPSA) is 37.9 Å². The number of anilines is 4. The van der Waals surface area contributed by atoms with Crippen LogP contribution in [0.15, 0.2) is 170 Å². The molecule has 0 spiro atoms. The quantitative estimate of drug-likeness (QED) is 0.128. The molecule has 0 atom stereocenters. The van der Waals surface area contributed by atoms with Gasteiger partial charge in [-0.3, -0.25) is 0 Å². The first kappa shape index (κ1) is 65.4. The minimum absolute atomic E-state index is 0. The molecular weight excluding hydrogens is 1360 g/mol. The molecule has 3 aromatic heterocycles. The summed E-state index contributed by atoms with van der Waals surface area (Å²) in [6.45, 7) is 53.9. The molecule has 12 aromatic rings. The molecule has 1 aliphatic heterocycles. The normalized spacial score (nSPS) is 13.4. The van der Waals surface area contributed by atoms with Crippen molar-refractivity contribution in [3.8, 4) is 50.7 Å². The van der Waals surface area contributed by atoms with E-state index in [1.165, 1.54) is 50.1 Å². The van der Waals surface area contributed by atoms with Crippen LogP contribution in [0.3, 0.4) is 0 Å². The first-order valence-corrected chi connectivity index (χ1v) is 34.2. The second-order valence-corrected chi connectivity index (χ2v) is 32.7. The van der Waals surface area contributed by atoms with Gasteiger partial charge in [-0.2, -0.15) is 6.07 Å². The van der Waals surface area contributed by atoms with Gasteiger partial charge in [0.1, 0.15) is 5.82 Å². The average molecular weight is 1450 g/mol. The summed E-state index contributed by atoms with van der Waals surface area (Å²) >= 11 is 1.65. The smallest absolute Gasteiger partial charge is 0.204 e. The summed E-state index contributed by atoms with van der Waals surface area (Å²) < 4.78 is 20.6. The Balaban J connectivity index is 0.00000881. The van der Waals surface area contributed by atoms with Crippen molar-refractivity contribution in [2.75, 3.05) is 9.80 Å². The fourth-order valence-corrected chi connectivity index (χ4v) is 14.8. The van der Waals surface area contributed by atoms with E-state index in [2.05, 4.69) is 309 Å². The van der Waals surface area contributed by atoms with Gasteiger partial charge in [0, 0.05) is 81.8 Å². The van der Waals surface area contributed by atoms with Crippen LogP contribution in [0.2, 0.25) is 0 Å². The SMILES string of the molecule is [2H]c1cc(C(C)(C)C)cc(-n2c3[c-]c(Oc4[c-]c(N5[CH-]N(c6c(-c7cc(C(C)(C)C)cc(C(C)(C)C)c7)cccc6-c6cc(C(C)(C)C)cc(C(C)(C)C)c6)c6ccccc65)cc(-c5c(C(C)C)cccc5C(C)C)c4)ccc3c3c4sc5c([N+]#[C-])cccc5c4ccc32)n1.[Pt]. The van der Waals surface area contributed by atoms with E-state index < -0.39 is 0 Å². The third-order valence-electron chi connectivity index (χ3n) is 19.0. The molecule has 13 rings (SSSR count). The summed E-state index contributed by atoms with van der Waals surface area (Å²) in [5, 5.41) is 4.16. The van der Waals surface area contributed by atoms with Crippen LogP contribution in [-0.4, -0.2) is 9.55 Å². The van der Waals surface area contributed by atoms with Gasteiger partial charge in [-0.05, 0) is 141 Å². The Hall–Kier alpha value is -8.27. The molecule has 0 radical (unpaired) electrons. The van der Waals surface area contributed by atoms with Gasteiger partial charge >= 0.3 is 0 Å². The standard InChI is InChI=1S/C87H88N5OS.Pt/c1-52(2)65-26-23-27-66(53(3)4)78(65)56-44-62(49-64(45-56)93-63-34-35-71-76(50-63)92(77-48-57(38-39-89-77)83(5,6)7)75-37-36-70-69-30-25-31-72(88-20)81(69)94-82(70)79(71)75)90-51-91(74-33-22-21-32-73(74)90)80-67(54-40-58(84(8,9)10)46-59(41-54)85(11,12)13)28-24-29-68(80)55-42-60(86(14,15)16)47-61(43-55)87(17,18)19;/h21-48,51-53H,1-19H3;/q-3;/i39D;. The van der Waals surface area contributed by atoms with E-state index in [1.54, 1.807) is 11.3 Å². The van der Waals surface area contributed by atoms with E-state index in [0.29, 0.717) is 23.0 Å². The molecule has 6 nitrogen and oxygen atoms in total. The summed E-state index contributed by atoms with van der Waals surface area (Å²) in [6.07, 6.45) is 0.188. The Morgan fingerprint density at radius 3 is 1.59 bits per heavy atom. The van der Waals surface area contributed by atoms with Crippen molar-refractivity contribution in [3.63, 3.8) is 0 Å². The minimum Gasteiger partial charge on any atom is -0.509 e. The van der Waals surface area contributed by atoms with Crippen LogP contribution in [-0.2, 0) is 48.1 Å². The molecule has 1 aliphatic rings. The number of para-hydroxylation sites is 3. The van der Waals surface area contributed by atoms with Crippen molar-refractivity contribution < 1.29 is 27.2 Å². The van der Waals surface area contributed by atoms with Crippen molar-refractivity contribution >= 4 is 81.8 Å². The van der Waals surface area contributed by atoms with Crippen molar-refractivity contribution in [1.29, 1.82) is 0 Å². The summed E-state index contributed by atoms with van der Waals surface area (Å²) in [5.41, 5.74) is 21.2. The van der Waals surface area contributed by atoms with Crippen molar-refractivity contribution in [2.45, 2.75) is 170 Å². The zero-order valence-corrected chi connectivity index (χ0v) is 61.8. The molecule has 8 heteroatoms. The summed E-state index contributed by atoms with van der Waals surface area (Å²) in [4.78, 5) is 13.7. The molecule has 0 aliphatic carbocycles. The average Bonchev–Trinajstić information content (AvgIpc) is 1.54. The van der Waals surface area contributed by atoms with Gasteiger partial charge in [0.15, 0.2) is 0 Å². The summed E-state index contributed by atoms with van der Waals surface area (Å²) in [7, 11) is 0. The largest absolute Gasteiger partial charge is 0.509 e. The van der Waals surface area contributed by atoms with E-state index in [-0.39, 0.29) is 66.1 Å². The van der Waals surface area contributed by atoms with Crippen LogP contribution in [0.25, 0.3) is 86.0 Å². The second kappa shape index (κ2) is 24.4. The minimum atomic E-state index is -0.250. The number of thiophene rings is 1. The van der Waals surface area contributed by atoms with Crippen LogP contribution in [0.1, 0.15) is 184 Å². The summed E-state index contributed by atoms with van der Waals surface area (Å²) in [5.74, 6) is 2.13. The molecule has 95 heavy (non-hydrogen) atoms. The predicted octanol–water partition coefficient (Wildman–Crippen LogP) is 25.6. The zero-order valence-electron chi connectivity index (χ0n) is 59.7. The number of nitrogens with zero attached hydrogens (tertiary/aromatic N) is 5. The van der Waals surface area contributed by atoms with Gasteiger partial charge in [-0.25, -0.2) is 9.83 Å². The fourth-order valence-electron chi connectivity index (χ4n) is 13.5. The van der Waals surface area contributed by atoms with E-state index >= 15 is 0 Å². The van der Waals surface area contributed by atoms with Crippen LogP contribution in [0.5, 0.6) is 11.5 Å². The van der Waals surface area contributed by atoms with E-state index in [9.17, 15) is 0 Å². The molecule has 0 fully saturated rings. The molecule has 0 unspecified atom stereocenters. The van der Waals surface area contributed by atoms with Crippen LogP contribution >= 0.6 is 11.3 Å². The summed E-state index contributed by atoms with van der Waals surface area (Å²) in [6, 6.07) is 67.7. The van der Waals surface area contributed by atoms with Gasteiger partial charge in [0.05, 0.1) is 7.94 Å². The molecule has 4 heterocycles. The molecule has 0 amide bonds. The number of hydrogen-bond donors (Lipinski definition) is 0. The number of benzene rings is 9. The Morgan fingerprint density at radius 2 is 1.04 bits per heavy atom. The van der Waals surface area contributed by atoms with Crippen LogP contribution in [0, 0.1) is 25.4 Å². The Kier molecular flexibility index (Phi) is 16.8. The zero-order chi connectivity index (χ0) is 67.7. The first-order valence-electron chi connectivity index (χ1n) is 33.8. The number of fused-ring (bicyclic) bond motifs is 8. The van der Waals surface area contributed by atoms with Gasteiger partial charge in [0.2, 0.25) is 5.69 Å².